The second-order valence-corrected chi connectivity index (χ2v) is 6.55. The summed E-state index contributed by atoms with van der Waals surface area (Å²) in [4.78, 5) is 7.13. The Bertz CT molecular complexity index is 963. The van der Waals surface area contributed by atoms with Crippen molar-refractivity contribution in [2.24, 2.45) is 4.99 Å². The molecular formula is C22H22FN3O. The predicted octanol–water partition coefficient (Wildman–Crippen LogP) is 3.97. The molecule has 4 rings (SSSR count). The average Bonchev–Trinajstić information content (AvgIpc) is 2.73. The number of fused-ring (bicyclic) bond motifs is 1. The van der Waals surface area contributed by atoms with Gasteiger partial charge in [-0.3, -0.25) is 0 Å². The number of aliphatic imine (C=N–C) groups is 1. The number of piperazine rings is 1. The molecule has 1 fully saturated rings. The van der Waals surface area contributed by atoms with E-state index < -0.39 is 0 Å². The normalized spacial score (nSPS) is 15.2. The van der Waals surface area contributed by atoms with E-state index in [9.17, 15) is 4.39 Å². The van der Waals surface area contributed by atoms with Crippen LogP contribution in [0.2, 0.25) is 0 Å². The Kier molecular flexibility index (Phi) is 5.03. The molecule has 5 heteroatoms. The van der Waals surface area contributed by atoms with Crippen molar-refractivity contribution in [1.82, 2.24) is 10.2 Å². The molecule has 0 bridgehead atoms. The Hall–Kier alpha value is -2.92. The molecule has 0 unspecified atom stereocenters. The molecule has 0 radical (unpaired) electrons. The lowest BCUT2D eigenvalue weighted by molar-refractivity contribution is 0.355. The van der Waals surface area contributed by atoms with Gasteiger partial charge in [0.25, 0.3) is 0 Å². The number of rotatable bonds is 3. The summed E-state index contributed by atoms with van der Waals surface area (Å²) in [5.41, 5.74) is 1.67. The van der Waals surface area contributed by atoms with Crippen LogP contribution in [0.5, 0.6) is 5.75 Å². The summed E-state index contributed by atoms with van der Waals surface area (Å²) in [6.45, 7) is 3.52. The monoisotopic (exact) mass is 363 g/mol. The molecule has 0 atom stereocenters. The number of ether oxygens (including phenoxy) is 1. The number of halogens is 1. The summed E-state index contributed by atoms with van der Waals surface area (Å²) in [7, 11) is 1.68. The molecule has 3 aromatic rings. The van der Waals surface area contributed by atoms with Crippen molar-refractivity contribution in [3.63, 3.8) is 0 Å². The summed E-state index contributed by atoms with van der Waals surface area (Å²) >= 11 is 0. The number of hydrogen-bond donors (Lipinski definition) is 1. The standard InChI is InChI=1S/C22H22FN3O/c1-27-21-15-17-5-3-2-4-16(17)14-20(21)22(26-12-10-24-11-13-26)25-19-8-6-18(23)7-9-19/h2-9,14-15,24H,10-13H2,1H3. The largest absolute Gasteiger partial charge is 0.496 e. The molecule has 1 saturated heterocycles. The lowest BCUT2D eigenvalue weighted by atomic mass is 10.0. The Morgan fingerprint density at radius 1 is 1.00 bits per heavy atom. The van der Waals surface area contributed by atoms with E-state index in [0.717, 1.165) is 59.8 Å². The number of methoxy groups -OCH3 is 1. The Balaban J connectivity index is 1.87. The van der Waals surface area contributed by atoms with E-state index in [4.69, 9.17) is 9.73 Å². The molecule has 4 nitrogen and oxygen atoms in total. The molecule has 1 N–H and O–H groups in total. The van der Waals surface area contributed by atoms with E-state index in [1.165, 1.54) is 12.1 Å². The predicted molar refractivity (Wildman–Crippen MR) is 108 cm³/mol. The molecule has 3 aromatic carbocycles. The number of benzene rings is 3. The first-order valence-corrected chi connectivity index (χ1v) is 9.12. The van der Waals surface area contributed by atoms with Crippen LogP contribution < -0.4 is 10.1 Å². The van der Waals surface area contributed by atoms with Gasteiger partial charge >= 0.3 is 0 Å². The van der Waals surface area contributed by atoms with Gasteiger partial charge in [0.1, 0.15) is 17.4 Å². The lowest BCUT2D eigenvalue weighted by Crippen LogP contribution is -2.46. The third-order valence-electron chi connectivity index (χ3n) is 4.79. The van der Waals surface area contributed by atoms with E-state index in [-0.39, 0.29) is 5.82 Å². The molecular weight excluding hydrogens is 341 g/mol. The van der Waals surface area contributed by atoms with E-state index in [0.29, 0.717) is 0 Å². The number of amidine groups is 1. The molecule has 138 valence electrons. The second kappa shape index (κ2) is 7.76. The van der Waals surface area contributed by atoms with Gasteiger partial charge in [-0.05, 0) is 47.2 Å². The van der Waals surface area contributed by atoms with Crippen molar-refractivity contribution in [2.45, 2.75) is 0 Å². The van der Waals surface area contributed by atoms with Crippen LogP contribution in [-0.2, 0) is 0 Å². The molecule has 1 aliphatic heterocycles. The summed E-state index contributed by atoms with van der Waals surface area (Å²) < 4.78 is 19.0. The van der Waals surface area contributed by atoms with Gasteiger partial charge in [0.05, 0.1) is 18.4 Å². The van der Waals surface area contributed by atoms with Crippen LogP contribution in [0.25, 0.3) is 10.8 Å². The topological polar surface area (TPSA) is 36.9 Å². The highest BCUT2D eigenvalue weighted by molar-refractivity contribution is 6.06. The molecule has 0 aromatic heterocycles. The lowest BCUT2D eigenvalue weighted by Gasteiger charge is -2.31. The molecule has 0 spiro atoms. The first kappa shape index (κ1) is 17.5. The highest BCUT2D eigenvalue weighted by Gasteiger charge is 2.20. The van der Waals surface area contributed by atoms with E-state index in [1.54, 1.807) is 19.2 Å². The third kappa shape index (κ3) is 3.78. The van der Waals surface area contributed by atoms with Gasteiger partial charge in [-0.1, -0.05) is 24.3 Å². The first-order valence-electron chi connectivity index (χ1n) is 9.12. The van der Waals surface area contributed by atoms with Crippen LogP contribution in [0.4, 0.5) is 10.1 Å². The van der Waals surface area contributed by atoms with Gasteiger partial charge in [0.2, 0.25) is 0 Å². The Morgan fingerprint density at radius 3 is 2.33 bits per heavy atom. The van der Waals surface area contributed by atoms with Crippen molar-refractivity contribution in [3.8, 4) is 5.75 Å². The van der Waals surface area contributed by atoms with Crippen LogP contribution in [0.3, 0.4) is 0 Å². The molecule has 1 heterocycles. The smallest absolute Gasteiger partial charge is 0.140 e. The molecule has 1 aliphatic rings. The SMILES string of the molecule is COc1cc2ccccc2cc1C(=Nc1ccc(F)cc1)N1CCNCC1. The Morgan fingerprint density at radius 2 is 1.67 bits per heavy atom. The number of hydrogen-bond acceptors (Lipinski definition) is 3. The summed E-state index contributed by atoms with van der Waals surface area (Å²) in [5, 5.41) is 5.63. The van der Waals surface area contributed by atoms with Gasteiger partial charge in [-0.25, -0.2) is 9.38 Å². The van der Waals surface area contributed by atoms with Crippen LogP contribution in [-0.4, -0.2) is 44.0 Å². The van der Waals surface area contributed by atoms with Crippen molar-refractivity contribution >= 4 is 22.3 Å². The summed E-state index contributed by atoms with van der Waals surface area (Å²) in [6, 6.07) is 18.7. The van der Waals surface area contributed by atoms with Gasteiger partial charge in [-0.15, -0.1) is 0 Å². The Labute approximate surface area is 158 Å². The first-order chi connectivity index (χ1) is 13.2. The minimum absolute atomic E-state index is 0.263. The number of nitrogens with one attached hydrogen (secondary N) is 1. The molecule has 0 saturated carbocycles. The van der Waals surface area contributed by atoms with E-state index >= 15 is 0 Å². The van der Waals surface area contributed by atoms with Gasteiger partial charge < -0.3 is 15.0 Å². The van der Waals surface area contributed by atoms with Gasteiger partial charge in [0, 0.05) is 26.2 Å². The summed E-state index contributed by atoms with van der Waals surface area (Å²) in [5.74, 6) is 1.37. The zero-order valence-corrected chi connectivity index (χ0v) is 15.3. The molecule has 27 heavy (non-hydrogen) atoms. The maximum Gasteiger partial charge on any atom is 0.140 e. The van der Waals surface area contributed by atoms with Crippen molar-refractivity contribution < 1.29 is 9.13 Å². The number of nitrogens with zero attached hydrogens (tertiary/aromatic N) is 2. The highest BCUT2D eigenvalue weighted by Crippen LogP contribution is 2.29. The minimum Gasteiger partial charge on any atom is -0.496 e. The zero-order valence-electron chi connectivity index (χ0n) is 15.3. The van der Waals surface area contributed by atoms with Crippen LogP contribution in [0, 0.1) is 5.82 Å². The summed E-state index contributed by atoms with van der Waals surface area (Å²) in [6.07, 6.45) is 0. The quantitative estimate of drug-likeness (QED) is 0.565. The zero-order chi connectivity index (χ0) is 18.6. The van der Waals surface area contributed by atoms with Gasteiger partial charge in [-0.2, -0.15) is 0 Å². The van der Waals surface area contributed by atoms with Crippen LogP contribution >= 0.6 is 0 Å². The fraction of sp³-hybridized carbons (Fsp3) is 0.227. The second-order valence-electron chi connectivity index (χ2n) is 6.55. The van der Waals surface area contributed by atoms with E-state index in [1.807, 2.05) is 18.2 Å². The maximum atomic E-state index is 13.3. The van der Waals surface area contributed by atoms with Crippen LogP contribution in [0.15, 0.2) is 65.7 Å². The van der Waals surface area contributed by atoms with E-state index in [2.05, 4.69) is 28.4 Å². The fourth-order valence-corrected chi connectivity index (χ4v) is 3.38. The third-order valence-corrected chi connectivity index (χ3v) is 4.79. The van der Waals surface area contributed by atoms with Crippen molar-refractivity contribution in [1.29, 1.82) is 0 Å². The molecule has 0 amide bonds. The van der Waals surface area contributed by atoms with Gasteiger partial charge in [0.15, 0.2) is 0 Å². The van der Waals surface area contributed by atoms with Crippen molar-refractivity contribution in [2.75, 3.05) is 33.3 Å². The fourth-order valence-electron chi connectivity index (χ4n) is 3.38. The van der Waals surface area contributed by atoms with Crippen LogP contribution in [0.1, 0.15) is 5.56 Å². The highest BCUT2D eigenvalue weighted by atomic mass is 19.1. The molecule has 0 aliphatic carbocycles. The van der Waals surface area contributed by atoms with Crippen molar-refractivity contribution in [3.05, 3.63) is 72.0 Å². The maximum absolute atomic E-state index is 13.3. The average molecular weight is 363 g/mol. The minimum atomic E-state index is -0.263.